The number of carboxylic acid groups (broad SMARTS) is 1. The molecule has 0 aliphatic heterocycles. The van der Waals surface area contributed by atoms with E-state index in [-0.39, 0.29) is 5.69 Å². The molecule has 0 fully saturated rings. The predicted molar refractivity (Wildman–Crippen MR) is 38.3 cm³/mol. The van der Waals surface area contributed by atoms with Crippen LogP contribution < -0.4 is 0 Å². The lowest BCUT2D eigenvalue weighted by atomic mass is 10.2. The molecule has 4 nitrogen and oxygen atoms in total. The Bertz CT molecular complexity index is 303. The van der Waals surface area contributed by atoms with Gasteiger partial charge in [0.2, 0.25) is 0 Å². The van der Waals surface area contributed by atoms with Crippen LogP contribution in [-0.4, -0.2) is 27.0 Å². The molecule has 13 heavy (non-hydrogen) atoms. The van der Waals surface area contributed by atoms with Crippen LogP contribution >= 0.6 is 0 Å². The minimum atomic E-state index is -3.77. The molecule has 0 amide bonds. The highest BCUT2D eigenvalue weighted by atomic mass is 19.3. The number of rotatable bonds is 3. The fourth-order valence-electron chi connectivity index (χ4n) is 0.726. The van der Waals surface area contributed by atoms with Gasteiger partial charge in [0.25, 0.3) is 0 Å². The number of alkyl halides is 2. The maximum atomic E-state index is 12.6. The van der Waals surface area contributed by atoms with E-state index >= 15 is 0 Å². The van der Waals surface area contributed by atoms with Gasteiger partial charge >= 0.3 is 11.9 Å². The Morgan fingerprint density at radius 1 is 1.62 bits per heavy atom. The average molecular weight is 188 g/mol. The van der Waals surface area contributed by atoms with E-state index in [2.05, 4.69) is 9.97 Å². The van der Waals surface area contributed by atoms with Crippen molar-refractivity contribution in [3.05, 3.63) is 24.3 Å². The Morgan fingerprint density at radius 2 is 2.31 bits per heavy atom. The van der Waals surface area contributed by atoms with Gasteiger partial charge in [0.1, 0.15) is 6.33 Å². The van der Waals surface area contributed by atoms with Crippen LogP contribution in [0, 0.1) is 0 Å². The van der Waals surface area contributed by atoms with Gasteiger partial charge < -0.3 is 5.11 Å². The van der Waals surface area contributed by atoms with Crippen LogP contribution in [0.1, 0.15) is 5.69 Å². The third-order valence-electron chi connectivity index (χ3n) is 1.36. The van der Waals surface area contributed by atoms with Crippen molar-refractivity contribution < 1.29 is 18.7 Å². The van der Waals surface area contributed by atoms with Crippen molar-refractivity contribution in [3.63, 3.8) is 0 Å². The van der Waals surface area contributed by atoms with Gasteiger partial charge in [-0.25, -0.2) is 14.8 Å². The number of carboxylic acids is 1. The fraction of sp³-hybridized carbons (Fsp3) is 0.286. The van der Waals surface area contributed by atoms with Crippen molar-refractivity contribution in [1.29, 1.82) is 0 Å². The Balaban J connectivity index is 2.75. The van der Waals surface area contributed by atoms with Gasteiger partial charge in [-0.15, -0.1) is 0 Å². The molecule has 1 heterocycles. The second-order valence-electron chi connectivity index (χ2n) is 2.39. The van der Waals surface area contributed by atoms with Crippen LogP contribution in [0.4, 0.5) is 8.78 Å². The molecule has 70 valence electrons. The van der Waals surface area contributed by atoms with Crippen LogP contribution in [-0.2, 0) is 11.2 Å². The Kier molecular flexibility index (Phi) is 2.50. The van der Waals surface area contributed by atoms with Crippen LogP contribution in [0.15, 0.2) is 18.6 Å². The number of hydrogen-bond acceptors (Lipinski definition) is 3. The second kappa shape index (κ2) is 3.42. The summed E-state index contributed by atoms with van der Waals surface area (Å²) in [5, 5.41) is 8.11. The van der Waals surface area contributed by atoms with E-state index in [9.17, 15) is 13.6 Å². The summed E-state index contributed by atoms with van der Waals surface area (Å²) in [5.74, 6) is -5.92. The molecule has 0 radical (unpaired) electrons. The van der Waals surface area contributed by atoms with Gasteiger partial charge in [-0.3, -0.25) is 0 Å². The van der Waals surface area contributed by atoms with E-state index in [0.717, 1.165) is 6.33 Å². The molecule has 1 rings (SSSR count). The fourth-order valence-corrected chi connectivity index (χ4v) is 0.726. The first-order valence-corrected chi connectivity index (χ1v) is 3.38. The molecule has 0 aromatic carbocycles. The van der Waals surface area contributed by atoms with Crippen LogP contribution in [0.25, 0.3) is 0 Å². The molecule has 0 aliphatic carbocycles. The quantitative estimate of drug-likeness (QED) is 0.759. The predicted octanol–water partition coefficient (Wildman–Crippen LogP) is 0.739. The summed E-state index contributed by atoms with van der Waals surface area (Å²) in [7, 11) is 0. The minimum absolute atomic E-state index is 0.00222. The monoisotopic (exact) mass is 188 g/mol. The molecule has 1 aromatic heterocycles. The van der Waals surface area contributed by atoms with Gasteiger partial charge in [0.15, 0.2) is 0 Å². The van der Waals surface area contributed by atoms with Crippen molar-refractivity contribution in [2.24, 2.45) is 0 Å². The zero-order valence-electron chi connectivity index (χ0n) is 6.44. The Morgan fingerprint density at radius 3 is 2.77 bits per heavy atom. The lowest BCUT2D eigenvalue weighted by Gasteiger charge is -2.09. The molecule has 1 N–H and O–H groups in total. The first kappa shape index (κ1) is 9.50. The van der Waals surface area contributed by atoms with Gasteiger partial charge in [-0.2, -0.15) is 8.78 Å². The highest BCUT2D eigenvalue weighted by molar-refractivity contribution is 5.75. The summed E-state index contributed by atoms with van der Waals surface area (Å²) in [6.07, 6.45) is 1.46. The molecule has 1 aromatic rings. The zero-order valence-corrected chi connectivity index (χ0v) is 6.44. The van der Waals surface area contributed by atoms with Crippen molar-refractivity contribution in [3.8, 4) is 0 Å². The van der Waals surface area contributed by atoms with Crippen molar-refractivity contribution >= 4 is 5.97 Å². The second-order valence-corrected chi connectivity index (χ2v) is 2.39. The number of aromatic nitrogens is 2. The van der Waals surface area contributed by atoms with E-state index in [4.69, 9.17) is 5.11 Å². The summed E-state index contributed by atoms with van der Waals surface area (Å²) in [6, 6.07) is 1.25. The number of aliphatic carboxylic acids is 1. The van der Waals surface area contributed by atoms with E-state index in [0.29, 0.717) is 0 Å². The lowest BCUT2D eigenvalue weighted by Crippen LogP contribution is -2.31. The molecule has 0 spiro atoms. The van der Waals surface area contributed by atoms with E-state index in [1.54, 1.807) is 0 Å². The summed E-state index contributed by atoms with van der Waals surface area (Å²) in [5.41, 5.74) is 0.00222. The molecule has 0 saturated heterocycles. The molecule has 0 saturated carbocycles. The van der Waals surface area contributed by atoms with E-state index in [1.807, 2.05) is 0 Å². The molecule has 0 atom stereocenters. The highest BCUT2D eigenvalue weighted by Gasteiger charge is 2.39. The average Bonchev–Trinajstić information content (AvgIpc) is 2.05. The summed E-state index contributed by atoms with van der Waals surface area (Å²) >= 11 is 0. The SMILES string of the molecule is O=C(O)C(F)(F)Cc1ccncn1. The first-order chi connectivity index (χ1) is 6.02. The molecule has 0 bridgehead atoms. The smallest absolute Gasteiger partial charge is 0.374 e. The van der Waals surface area contributed by atoms with Gasteiger partial charge in [-0.1, -0.05) is 0 Å². The summed E-state index contributed by atoms with van der Waals surface area (Å²) in [6.45, 7) is 0. The number of hydrogen-bond donors (Lipinski definition) is 1. The van der Waals surface area contributed by atoms with Gasteiger partial charge in [-0.05, 0) is 6.07 Å². The number of halogens is 2. The summed E-state index contributed by atoms with van der Waals surface area (Å²) < 4.78 is 25.1. The maximum Gasteiger partial charge on any atom is 0.374 e. The van der Waals surface area contributed by atoms with Crippen molar-refractivity contribution in [1.82, 2.24) is 9.97 Å². The number of nitrogens with zero attached hydrogens (tertiary/aromatic N) is 2. The third kappa shape index (κ3) is 2.43. The largest absolute Gasteiger partial charge is 0.477 e. The maximum absolute atomic E-state index is 12.6. The molecule has 0 unspecified atom stereocenters. The zero-order chi connectivity index (χ0) is 9.90. The van der Waals surface area contributed by atoms with Crippen molar-refractivity contribution in [2.75, 3.05) is 0 Å². The Labute approximate surface area is 72.3 Å². The van der Waals surface area contributed by atoms with Gasteiger partial charge in [0.05, 0.1) is 12.1 Å². The minimum Gasteiger partial charge on any atom is -0.477 e. The highest BCUT2D eigenvalue weighted by Crippen LogP contribution is 2.18. The number of carbonyl (C=O) groups is 1. The van der Waals surface area contributed by atoms with E-state index in [1.165, 1.54) is 12.3 Å². The molecular formula is C7H6F2N2O2. The molecule has 6 heteroatoms. The van der Waals surface area contributed by atoms with Gasteiger partial charge in [0, 0.05) is 6.20 Å². The lowest BCUT2D eigenvalue weighted by molar-refractivity contribution is -0.164. The van der Waals surface area contributed by atoms with Crippen LogP contribution in [0.5, 0.6) is 0 Å². The van der Waals surface area contributed by atoms with Crippen molar-refractivity contribution in [2.45, 2.75) is 12.3 Å². The summed E-state index contributed by atoms with van der Waals surface area (Å²) in [4.78, 5) is 17.0. The first-order valence-electron chi connectivity index (χ1n) is 3.38. The normalized spacial score (nSPS) is 11.2. The molecule has 0 aliphatic rings. The van der Waals surface area contributed by atoms with Crippen LogP contribution in [0.2, 0.25) is 0 Å². The standard InChI is InChI=1S/C7H6F2N2O2/c8-7(9,6(12)13)3-5-1-2-10-4-11-5/h1-2,4H,3H2,(H,12,13). The molecular weight excluding hydrogens is 182 g/mol. The van der Waals surface area contributed by atoms with E-state index < -0.39 is 18.3 Å². The van der Waals surface area contributed by atoms with Crippen LogP contribution in [0.3, 0.4) is 0 Å². The Hall–Kier alpha value is -1.59. The topological polar surface area (TPSA) is 63.1 Å². The third-order valence-corrected chi connectivity index (χ3v) is 1.36.